The lowest BCUT2D eigenvalue weighted by Crippen LogP contribution is -2.05. The van der Waals surface area contributed by atoms with Crippen LogP contribution in [0.1, 0.15) is 31.0 Å². The van der Waals surface area contributed by atoms with Crippen molar-refractivity contribution in [1.82, 2.24) is 9.55 Å². The van der Waals surface area contributed by atoms with Gasteiger partial charge in [-0.1, -0.05) is 11.6 Å². The lowest BCUT2D eigenvalue weighted by atomic mass is 10.3. The van der Waals surface area contributed by atoms with Gasteiger partial charge in [-0.05, 0) is 38.0 Å². The van der Waals surface area contributed by atoms with Gasteiger partial charge in [-0.15, -0.1) is 11.6 Å². The third-order valence-electron chi connectivity index (χ3n) is 3.08. The number of unbranched alkanes of at least 4 members (excludes halogenated alkanes) is 1. The van der Waals surface area contributed by atoms with Crippen LogP contribution in [0.15, 0.2) is 18.2 Å². The van der Waals surface area contributed by atoms with Gasteiger partial charge in [0.2, 0.25) is 0 Å². The van der Waals surface area contributed by atoms with Crippen molar-refractivity contribution in [1.29, 1.82) is 0 Å². The second kappa shape index (κ2) is 6.60. The number of aryl methyl sites for hydroxylation is 1. The van der Waals surface area contributed by atoms with E-state index in [1.54, 1.807) is 7.11 Å². The van der Waals surface area contributed by atoms with Crippen LogP contribution in [0.25, 0.3) is 11.0 Å². The zero-order valence-corrected chi connectivity index (χ0v) is 12.7. The van der Waals surface area contributed by atoms with Crippen molar-refractivity contribution < 1.29 is 4.74 Å². The summed E-state index contributed by atoms with van der Waals surface area (Å²) in [4.78, 5) is 4.59. The second-order valence-electron chi connectivity index (χ2n) is 4.57. The monoisotopic (exact) mass is 300 g/mol. The fourth-order valence-electron chi connectivity index (χ4n) is 2.18. The summed E-state index contributed by atoms with van der Waals surface area (Å²) in [6.45, 7) is 3.62. The standard InChI is InChI=1S/C14H18Cl2N2O/c1-10(15)14-17-12-9-11(16)5-6-13(12)18(14)7-3-4-8-19-2/h5-6,9-10H,3-4,7-8H2,1-2H3. The molecule has 2 aromatic rings. The fourth-order valence-corrected chi connectivity index (χ4v) is 2.51. The molecule has 3 nitrogen and oxygen atoms in total. The van der Waals surface area contributed by atoms with Crippen molar-refractivity contribution in [3.8, 4) is 0 Å². The van der Waals surface area contributed by atoms with Crippen molar-refractivity contribution in [3.63, 3.8) is 0 Å². The van der Waals surface area contributed by atoms with Crippen molar-refractivity contribution >= 4 is 34.2 Å². The number of fused-ring (bicyclic) bond motifs is 1. The van der Waals surface area contributed by atoms with Gasteiger partial charge in [-0.25, -0.2) is 4.98 Å². The van der Waals surface area contributed by atoms with Gasteiger partial charge in [0, 0.05) is 25.3 Å². The lowest BCUT2D eigenvalue weighted by Gasteiger charge is -2.10. The minimum atomic E-state index is -0.117. The highest BCUT2D eigenvalue weighted by molar-refractivity contribution is 6.31. The summed E-state index contributed by atoms with van der Waals surface area (Å²) < 4.78 is 7.25. The maximum absolute atomic E-state index is 6.22. The molecule has 0 aliphatic rings. The minimum absolute atomic E-state index is 0.117. The molecule has 2 rings (SSSR count). The summed E-state index contributed by atoms with van der Waals surface area (Å²) in [6.07, 6.45) is 2.07. The number of hydrogen-bond donors (Lipinski definition) is 0. The molecule has 0 saturated heterocycles. The summed E-state index contributed by atoms with van der Waals surface area (Å²) in [7, 11) is 1.72. The van der Waals surface area contributed by atoms with Gasteiger partial charge in [0.15, 0.2) is 0 Å². The number of nitrogens with zero attached hydrogens (tertiary/aromatic N) is 2. The normalized spacial score (nSPS) is 13.1. The summed E-state index contributed by atoms with van der Waals surface area (Å²) >= 11 is 12.2. The molecule has 0 amide bonds. The van der Waals surface area contributed by atoms with E-state index in [2.05, 4.69) is 9.55 Å². The van der Waals surface area contributed by atoms with Crippen LogP contribution in [0.2, 0.25) is 5.02 Å². The highest BCUT2D eigenvalue weighted by Gasteiger charge is 2.14. The maximum atomic E-state index is 6.22. The van der Waals surface area contributed by atoms with Gasteiger partial charge in [0.1, 0.15) is 5.82 Å². The van der Waals surface area contributed by atoms with E-state index < -0.39 is 0 Å². The Balaban J connectivity index is 2.30. The molecule has 0 aliphatic heterocycles. The summed E-state index contributed by atoms with van der Waals surface area (Å²) in [6, 6.07) is 5.77. The zero-order valence-electron chi connectivity index (χ0n) is 11.2. The van der Waals surface area contributed by atoms with Crippen LogP contribution < -0.4 is 0 Å². The average Bonchev–Trinajstić information content (AvgIpc) is 2.72. The Morgan fingerprint density at radius 3 is 2.84 bits per heavy atom. The van der Waals surface area contributed by atoms with E-state index in [0.29, 0.717) is 5.02 Å². The molecule has 104 valence electrons. The van der Waals surface area contributed by atoms with Crippen LogP contribution in [-0.4, -0.2) is 23.3 Å². The molecule has 1 heterocycles. The predicted octanol–water partition coefficient (Wildman–Crippen LogP) is 4.42. The van der Waals surface area contributed by atoms with Crippen molar-refractivity contribution in [2.75, 3.05) is 13.7 Å². The third kappa shape index (κ3) is 3.41. The summed E-state index contributed by atoms with van der Waals surface area (Å²) in [5.74, 6) is 0.899. The van der Waals surface area contributed by atoms with Gasteiger partial charge in [-0.2, -0.15) is 0 Å². The molecule has 1 atom stereocenters. The first-order valence-electron chi connectivity index (χ1n) is 6.42. The molecule has 1 unspecified atom stereocenters. The Kier molecular flexibility index (Phi) is 5.08. The third-order valence-corrected chi connectivity index (χ3v) is 3.51. The number of methoxy groups -OCH3 is 1. The van der Waals surface area contributed by atoms with Crippen LogP contribution in [0, 0.1) is 0 Å². The fraction of sp³-hybridized carbons (Fsp3) is 0.500. The first-order chi connectivity index (χ1) is 9.13. The van der Waals surface area contributed by atoms with Crippen LogP contribution >= 0.6 is 23.2 Å². The second-order valence-corrected chi connectivity index (χ2v) is 5.66. The predicted molar refractivity (Wildman–Crippen MR) is 80.1 cm³/mol. The van der Waals surface area contributed by atoms with E-state index in [0.717, 1.165) is 42.9 Å². The van der Waals surface area contributed by atoms with Crippen molar-refractivity contribution in [2.45, 2.75) is 31.7 Å². The van der Waals surface area contributed by atoms with E-state index in [1.807, 2.05) is 25.1 Å². The van der Waals surface area contributed by atoms with Crippen LogP contribution in [0.4, 0.5) is 0 Å². The molecular formula is C14H18Cl2N2O. The molecule has 0 aliphatic carbocycles. The largest absolute Gasteiger partial charge is 0.385 e. The number of ether oxygens (including phenoxy) is 1. The number of alkyl halides is 1. The first kappa shape index (κ1) is 14.6. The zero-order chi connectivity index (χ0) is 13.8. The number of imidazole rings is 1. The number of halogens is 2. The number of benzene rings is 1. The molecule has 0 fully saturated rings. The first-order valence-corrected chi connectivity index (χ1v) is 7.23. The maximum Gasteiger partial charge on any atom is 0.127 e. The molecule has 5 heteroatoms. The molecular weight excluding hydrogens is 283 g/mol. The Bertz CT molecular complexity index is 552. The summed E-state index contributed by atoms with van der Waals surface area (Å²) in [5.41, 5.74) is 1.99. The van der Waals surface area contributed by atoms with E-state index in [1.165, 1.54) is 0 Å². The van der Waals surface area contributed by atoms with E-state index in [9.17, 15) is 0 Å². The van der Waals surface area contributed by atoms with Crippen LogP contribution in [0.3, 0.4) is 0 Å². The van der Waals surface area contributed by atoms with Crippen LogP contribution in [0.5, 0.6) is 0 Å². The quantitative estimate of drug-likeness (QED) is 0.583. The Hall–Kier alpha value is -0.770. The van der Waals surface area contributed by atoms with Gasteiger partial charge in [0.05, 0.1) is 16.4 Å². The summed E-state index contributed by atoms with van der Waals surface area (Å²) in [5, 5.41) is 0.582. The molecule has 0 saturated carbocycles. The van der Waals surface area contributed by atoms with Crippen molar-refractivity contribution in [2.24, 2.45) is 0 Å². The Labute approximate surface area is 123 Å². The number of hydrogen-bond acceptors (Lipinski definition) is 2. The Morgan fingerprint density at radius 1 is 1.37 bits per heavy atom. The molecule has 19 heavy (non-hydrogen) atoms. The number of aromatic nitrogens is 2. The molecule has 0 radical (unpaired) electrons. The SMILES string of the molecule is COCCCCn1c(C(C)Cl)nc2cc(Cl)ccc21. The highest BCUT2D eigenvalue weighted by atomic mass is 35.5. The molecule has 1 aromatic carbocycles. The topological polar surface area (TPSA) is 27.1 Å². The Morgan fingerprint density at radius 2 is 2.16 bits per heavy atom. The van der Waals surface area contributed by atoms with Crippen molar-refractivity contribution in [3.05, 3.63) is 29.0 Å². The van der Waals surface area contributed by atoms with Gasteiger partial charge >= 0.3 is 0 Å². The number of rotatable bonds is 6. The smallest absolute Gasteiger partial charge is 0.127 e. The van der Waals surface area contributed by atoms with Gasteiger partial charge in [-0.3, -0.25) is 0 Å². The lowest BCUT2D eigenvalue weighted by molar-refractivity contribution is 0.191. The van der Waals surface area contributed by atoms with Gasteiger partial charge < -0.3 is 9.30 Å². The molecule has 0 bridgehead atoms. The molecule has 1 aromatic heterocycles. The van der Waals surface area contributed by atoms with Crippen LogP contribution in [-0.2, 0) is 11.3 Å². The van der Waals surface area contributed by atoms with E-state index in [-0.39, 0.29) is 5.38 Å². The highest BCUT2D eigenvalue weighted by Crippen LogP contribution is 2.26. The molecule has 0 spiro atoms. The minimum Gasteiger partial charge on any atom is -0.385 e. The van der Waals surface area contributed by atoms with E-state index in [4.69, 9.17) is 27.9 Å². The molecule has 0 N–H and O–H groups in total. The van der Waals surface area contributed by atoms with E-state index >= 15 is 0 Å². The van der Waals surface area contributed by atoms with Gasteiger partial charge in [0.25, 0.3) is 0 Å². The average molecular weight is 301 g/mol.